The zero-order valence-electron chi connectivity index (χ0n) is 19.7. The summed E-state index contributed by atoms with van der Waals surface area (Å²) in [5.74, 6) is 0.428. The maximum Gasteiger partial charge on any atom is 0.387 e. The molecule has 39 heavy (non-hydrogen) atoms. The first-order chi connectivity index (χ1) is 18.6. The molecule has 6 atom stereocenters. The van der Waals surface area contributed by atoms with Crippen LogP contribution >= 0.6 is 25.8 Å². The predicted octanol–water partition coefficient (Wildman–Crippen LogP) is 0.710. The van der Waals surface area contributed by atoms with Crippen LogP contribution in [0.25, 0.3) is 22.3 Å². The minimum atomic E-state index is -4.15. The normalized spacial score (nSPS) is 32.6. The van der Waals surface area contributed by atoms with E-state index in [1.54, 1.807) is 4.57 Å². The number of thiol groups is 1. The highest BCUT2D eigenvalue weighted by Crippen LogP contribution is 2.57. The Morgan fingerprint density at radius 3 is 2.82 bits per heavy atom. The fourth-order valence-electron chi connectivity index (χ4n) is 4.30. The van der Waals surface area contributed by atoms with Crippen LogP contribution in [-0.4, -0.2) is 80.6 Å². The van der Waals surface area contributed by atoms with Gasteiger partial charge in [0, 0.05) is 6.54 Å². The number of aliphatic hydroxyl groups is 1. The molecule has 0 aliphatic carbocycles. The minimum Gasteiger partial charge on any atom is -0.387 e. The van der Waals surface area contributed by atoms with Crippen LogP contribution in [0.15, 0.2) is 25.2 Å². The highest BCUT2D eigenvalue weighted by Gasteiger charge is 2.49. The molecule has 6 heterocycles. The summed E-state index contributed by atoms with van der Waals surface area (Å²) < 4.78 is 44.7. The number of rotatable bonds is 1. The molecule has 208 valence electrons. The lowest BCUT2D eigenvalue weighted by Gasteiger charge is -2.24. The van der Waals surface area contributed by atoms with Gasteiger partial charge in [0.25, 0.3) is 0 Å². The van der Waals surface area contributed by atoms with Gasteiger partial charge in [-0.1, -0.05) is 12.2 Å². The first-order valence-corrected chi connectivity index (χ1v) is 16.6. The molecule has 1 fully saturated rings. The van der Waals surface area contributed by atoms with Crippen LogP contribution in [0.5, 0.6) is 0 Å². The summed E-state index contributed by atoms with van der Waals surface area (Å²) in [6, 6.07) is 0. The van der Waals surface area contributed by atoms with Crippen molar-refractivity contribution in [1.29, 1.82) is 0 Å². The molecule has 0 amide bonds. The number of ether oxygens (including phenoxy) is 1. The molecule has 2 aliphatic heterocycles. The molecule has 0 saturated carbocycles. The number of nitrogens with two attached hydrogens (primary N) is 1. The fraction of sp³-hybridized carbons (Fsp3) is 0.444. The number of fused-ring (bicyclic) bond motifs is 6. The number of hydrogen-bond donors (Lipinski definition) is 4. The topological polar surface area (TPSA) is 217 Å². The number of nitrogen functional groups attached to an aromatic ring is 1. The van der Waals surface area contributed by atoms with Crippen molar-refractivity contribution >= 4 is 65.7 Å². The van der Waals surface area contributed by atoms with Gasteiger partial charge in [0.15, 0.2) is 23.3 Å². The number of anilines is 1. The van der Waals surface area contributed by atoms with Crippen LogP contribution in [0, 0.1) is 0 Å². The molecule has 4 aromatic rings. The van der Waals surface area contributed by atoms with Crippen LogP contribution in [0.3, 0.4) is 0 Å². The van der Waals surface area contributed by atoms with Crippen molar-refractivity contribution in [2.45, 2.75) is 37.7 Å². The quantitative estimate of drug-likeness (QED) is 0.171. The second kappa shape index (κ2) is 10.4. The average Bonchev–Trinajstić information content (AvgIpc) is 3.56. The highest BCUT2D eigenvalue weighted by atomic mass is 32.7. The van der Waals surface area contributed by atoms with E-state index in [-0.39, 0.29) is 43.3 Å². The van der Waals surface area contributed by atoms with Gasteiger partial charge < -0.3 is 34.1 Å². The Balaban J connectivity index is 1.37. The molecular formula is C18H21N9O8P2S2. The lowest BCUT2D eigenvalue weighted by molar-refractivity contribution is -0.0476. The van der Waals surface area contributed by atoms with Crippen molar-refractivity contribution in [3.63, 3.8) is 0 Å². The van der Waals surface area contributed by atoms with E-state index in [4.69, 9.17) is 40.4 Å². The Kier molecular flexibility index (Phi) is 7.18. The lowest BCUT2D eigenvalue weighted by Crippen LogP contribution is -2.35. The summed E-state index contributed by atoms with van der Waals surface area (Å²) in [6.07, 6.45) is 0.457. The van der Waals surface area contributed by atoms with Gasteiger partial charge in [0.05, 0.1) is 25.7 Å². The zero-order valence-corrected chi connectivity index (χ0v) is 23.2. The number of nitrogens with zero attached hydrogens (tertiary/aromatic N) is 8. The first kappa shape index (κ1) is 27.0. The second-order valence-corrected chi connectivity index (χ2v) is 14.2. The Labute approximate surface area is 229 Å². The molecule has 21 heteroatoms. The van der Waals surface area contributed by atoms with Crippen LogP contribution in [0.2, 0.25) is 0 Å². The third kappa shape index (κ3) is 5.32. The molecule has 1 saturated heterocycles. The summed E-state index contributed by atoms with van der Waals surface area (Å²) in [6.45, 7) is -8.52. The molecule has 2 aliphatic rings. The van der Waals surface area contributed by atoms with E-state index in [9.17, 15) is 14.6 Å². The van der Waals surface area contributed by atoms with Gasteiger partial charge in [-0.3, -0.25) is 13.6 Å². The highest BCUT2D eigenvalue weighted by molar-refractivity contribution is 8.44. The van der Waals surface area contributed by atoms with Gasteiger partial charge in [-0.25, -0.2) is 34.5 Å². The van der Waals surface area contributed by atoms with Crippen molar-refractivity contribution in [1.82, 2.24) is 39.0 Å². The second-order valence-electron chi connectivity index (χ2n) is 8.46. The summed E-state index contributed by atoms with van der Waals surface area (Å²) in [5, 5.41) is 11.1. The Bertz CT molecular complexity index is 1640. The smallest absolute Gasteiger partial charge is 0.387 e. The molecular weight excluding hydrogens is 596 g/mol. The monoisotopic (exact) mass is 617 g/mol. The van der Waals surface area contributed by atoms with Gasteiger partial charge in [0.2, 0.25) is 0 Å². The maximum atomic E-state index is 13.4. The zero-order chi connectivity index (χ0) is 27.4. The molecule has 3 unspecified atom stereocenters. The van der Waals surface area contributed by atoms with E-state index in [2.05, 4.69) is 42.2 Å². The Hall–Kier alpha value is -2.15. The van der Waals surface area contributed by atoms with Crippen LogP contribution < -0.4 is 5.73 Å². The van der Waals surface area contributed by atoms with E-state index in [0.717, 1.165) is 0 Å². The van der Waals surface area contributed by atoms with Crippen LogP contribution in [0.4, 0.5) is 5.82 Å². The first-order valence-electron chi connectivity index (χ1n) is 11.3. The summed E-state index contributed by atoms with van der Waals surface area (Å²) in [5.41, 5.74) is 7.35. The van der Waals surface area contributed by atoms with Gasteiger partial charge in [0.1, 0.15) is 54.4 Å². The average molecular weight is 618 g/mol. The number of aromatic nitrogens is 8. The van der Waals surface area contributed by atoms with E-state index in [1.807, 2.05) is 0 Å². The van der Waals surface area contributed by atoms with Crippen molar-refractivity contribution in [2.24, 2.45) is 0 Å². The maximum absolute atomic E-state index is 13.4. The molecule has 4 N–H and O–H groups in total. The molecule has 0 radical (unpaired) electrons. The third-order valence-corrected chi connectivity index (χ3v) is 9.26. The SMILES string of the molecule is Nc1ncnc2c1ncn2C1O[C@@H]2COP(O)(=S)OCCn3c(nc4cncnc43)COP(=O)(S)O[C@@H]1[C@@H]2O. The summed E-state index contributed by atoms with van der Waals surface area (Å²) in [7, 11) is 0. The van der Waals surface area contributed by atoms with Crippen molar-refractivity contribution < 1.29 is 37.4 Å². The van der Waals surface area contributed by atoms with Crippen molar-refractivity contribution in [3.05, 3.63) is 31.0 Å². The number of hydrogen-bond acceptors (Lipinski definition) is 15. The molecule has 0 aromatic carbocycles. The molecule has 6 rings (SSSR count). The largest absolute Gasteiger partial charge is 0.387 e. The third-order valence-electron chi connectivity index (χ3n) is 6.05. The van der Waals surface area contributed by atoms with Crippen molar-refractivity contribution in [3.8, 4) is 0 Å². The van der Waals surface area contributed by atoms with E-state index in [1.165, 1.54) is 29.7 Å². The van der Waals surface area contributed by atoms with E-state index in [0.29, 0.717) is 17.0 Å². The van der Waals surface area contributed by atoms with Gasteiger partial charge in [-0.2, -0.15) is 0 Å². The molecule has 0 spiro atoms. The molecule has 17 nitrogen and oxygen atoms in total. The van der Waals surface area contributed by atoms with Crippen molar-refractivity contribution in [2.75, 3.05) is 18.9 Å². The van der Waals surface area contributed by atoms with E-state index >= 15 is 0 Å². The minimum absolute atomic E-state index is 0.0766. The predicted molar refractivity (Wildman–Crippen MR) is 140 cm³/mol. The Morgan fingerprint density at radius 2 is 1.97 bits per heavy atom. The fourth-order valence-corrected chi connectivity index (χ4v) is 6.80. The van der Waals surface area contributed by atoms with Gasteiger partial charge >= 0.3 is 13.5 Å². The van der Waals surface area contributed by atoms with Crippen LogP contribution in [-0.2, 0) is 52.4 Å². The van der Waals surface area contributed by atoms with Crippen LogP contribution in [0.1, 0.15) is 12.1 Å². The van der Waals surface area contributed by atoms with Gasteiger partial charge in [-0.05, 0) is 11.8 Å². The summed E-state index contributed by atoms with van der Waals surface area (Å²) >= 11 is 9.27. The lowest BCUT2D eigenvalue weighted by atomic mass is 10.1. The number of aliphatic hydroxyl groups excluding tert-OH is 1. The molecule has 2 bridgehead atoms. The van der Waals surface area contributed by atoms with E-state index < -0.39 is 38.1 Å². The van der Waals surface area contributed by atoms with Gasteiger partial charge in [-0.15, -0.1) is 0 Å². The Morgan fingerprint density at radius 1 is 1.15 bits per heavy atom. The standard InChI is InChI=1S/C18H21N9O8P2S2/c19-15-12-17(23-7-21-15)27(8-24-12)18-14-13(28)10(34-18)4-32-36(29,38)31-2-1-26-11(5-33-37(30,39)35-14)25-9-3-20-6-22-16(9)26/h3,6-8,10,13-14,18,28H,1-2,4-5H2,(H,29,38)(H,30,39)(H2,19,21,23)/t10-,13-,14-,18?,36?,37?/m1/s1. The summed E-state index contributed by atoms with van der Waals surface area (Å²) in [4.78, 5) is 35.5. The molecule has 4 aromatic heterocycles. The number of imidazole rings is 2.